The molecule has 0 aliphatic carbocycles. The van der Waals surface area contributed by atoms with Crippen LogP contribution in [0.25, 0.3) is 0 Å². The molecule has 0 radical (unpaired) electrons. The summed E-state index contributed by atoms with van der Waals surface area (Å²) in [4.78, 5) is 35.6. The largest absolute Gasteiger partial charge is 0.464 e. The van der Waals surface area contributed by atoms with E-state index in [1.807, 2.05) is 18.2 Å². The Hall–Kier alpha value is -2.41. The first kappa shape index (κ1) is 18.6. The number of benzene rings is 1. The number of hydrogen-bond donors (Lipinski definition) is 2. The number of ether oxygens (including phenoxy) is 2. The molecule has 0 saturated heterocycles. The van der Waals surface area contributed by atoms with E-state index >= 15 is 0 Å². The van der Waals surface area contributed by atoms with Gasteiger partial charge in [0.15, 0.2) is 0 Å². The SMILES string of the molecule is CCOC(=O)C(NC(=O)CC(N)c1ccccc1)C(=O)OCC. The summed E-state index contributed by atoms with van der Waals surface area (Å²) in [6, 6.07) is 7.04. The molecule has 0 aliphatic heterocycles. The van der Waals surface area contributed by atoms with Gasteiger partial charge in [0.05, 0.1) is 13.2 Å². The quantitative estimate of drug-likeness (QED) is 0.538. The van der Waals surface area contributed by atoms with Gasteiger partial charge in [0.1, 0.15) is 0 Å². The first-order valence-corrected chi connectivity index (χ1v) is 7.42. The maximum atomic E-state index is 12.0. The molecule has 0 aliphatic rings. The van der Waals surface area contributed by atoms with Crippen LogP contribution in [-0.4, -0.2) is 37.1 Å². The van der Waals surface area contributed by atoms with Gasteiger partial charge in [-0.3, -0.25) is 4.79 Å². The zero-order valence-electron chi connectivity index (χ0n) is 13.3. The Morgan fingerprint density at radius 3 is 2.04 bits per heavy atom. The highest BCUT2D eigenvalue weighted by atomic mass is 16.6. The Morgan fingerprint density at radius 2 is 1.57 bits per heavy atom. The lowest BCUT2D eigenvalue weighted by Gasteiger charge is -2.17. The normalized spacial score (nSPS) is 11.7. The number of carbonyl (C=O) groups excluding carboxylic acids is 3. The number of rotatable bonds is 8. The predicted octanol–water partition coefficient (Wildman–Crippen LogP) is 0.687. The summed E-state index contributed by atoms with van der Waals surface area (Å²) >= 11 is 0. The second-order valence-corrected chi connectivity index (χ2v) is 4.73. The summed E-state index contributed by atoms with van der Waals surface area (Å²) in [5.74, 6) is -2.24. The van der Waals surface area contributed by atoms with Gasteiger partial charge in [-0.1, -0.05) is 30.3 Å². The van der Waals surface area contributed by atoms with Gasteiger partial charge in [-0.15, -0.1) is 0 Å². The number of hydrogen-bond acceptors (Lipinski definition) is 6. The third kappa shape index (κ3) is 6.07. The van der Waals surface area contributed by atoms with Crippen molar-refractivity contribution in [3.63, 3.8) is 0 Å². The summed E-state index contributed by atoms with van der Waals surface area (Å²) in [6.45, 7) is 3.39. The highest BCUT2D eigenvalue weighted by molar-refractivity contribution is 6.02. The van der Waals surface area contributed by atoms with Crippen molar-refractivity contribution in [2.75, 3.05) is 13.2 Å². The first-order valence-electron chi connectivity index (χ1n) is 7.42. The molecule has 0 bridgehead atoms. The van der Waals surface area contributed by atoms with Crippen molar-refractivity contribution in [2.45, 2.75) is 32.4 Å². The Morgan fingerprint density at radius 1 is 1.04 bits per heavy atom. The molecule has 3 N–H and O–H groups in total. The van der Waals surface area contributed by atoms with Crippen LogP contribution in [0.4, 0.5) is 0 Å². The standard InChI is InChI=1S/C16H22N2O5/c1-3-22-15(20)14(16(21)23-4-2)18-13(19)10-12(17)11-8-6-5-7-9-11/h5-9,12,14H,3-4,10,17H2,1-2H3,(H,18,19). The van der Waals surface area contributed by atoms with Crippen LogP contribution in [0.2, 0.25) is 0 Å². The lowest BCUT2D eigenvalue weighted by molar-refractivity contribution is -0.159. The Kier molecular flexibility index (Phi) is 7.76. The molecule has 1 atom stereocenters. The van der Waals surface area contributed by atoms with Crippen LogP contribution in [0, 0.1) is 0 Å². The van der Waals surface area contributed by atoms with Crippen molar-refractivity contribution >= 4 is 17.8 Å². The molecule has 0 saturated carbocycles. The minimum atomic E-state index is -1.48. The fourth-order valence-corrected chi connectivity index (χ4v) is 1.90. The van der Waals surface area contributed by atoms with Gasteiger partial charge in [-0.2, -0.15) is 0 Å². The molecule has 0 spiro atoms. The van der Waals surface area contributed by atoms with Gasteiger partial charge in [0.2, 0.25) is 11.9 Å². The van der Waals surface area contributed by atoms with Crippen molar-refractivity contribution < 1.29 is 23.9 Å². The fourth-order valence-electron chi connectivity index (χ4n) is 1.90. The van der Waals surface area contributed by atoms with Crippen LogP contribution in [0.3, 0.4) is 0 Å². The zero-order chi connectivity index (χ0) is 17.2. The van der Waals surface area contributed by atoms with Gasteiger partial charge in [-0.05, 0) is 19.4 Å². The lowest BCUT2D eigenvalue weighted by atomic mass is 10.0. The van der Waals surface area contributed by atoms with E-state index in [1.54, 1.807) is 26.0 Å². The molecular weight excluding hydrogens is 300 g/mol. The van der Waals surface area contributed by atoms with Crippen LogP contribution >= 0.6 is 0 Å². The molecule has 0 heterocycles. The molecule has 23 heavy (non-hydrogen) atoms. The van der Waals surface area contributed by atoms with Crippen molar-refractivity contribution in [3.8, 4) is 0 Å². The summed E-state index contributed by atoms with van der Waals surface area (Å²) in [5, 5.41) is 2.32. The smallest absolute Gasteiger partial charge is 0.340 e. The molecule has 1 rings (SSSR count). The van der Waals surface area contributed by atoms with Crippen LogP contribution in [0.15, 0.2) is 30.3 Å². The predicted molar refractivity (Wildman–Crippen MR) is 83.2 cm³/mol. The minimum Gasteiger partial charge on any atom is -0.464 e. The van der Waals surface area contributed by atoms with E-state index in [1.165, 1.54) is 0 Å². The number of nitrogens with one attached hydrogen (secondary N) is 1. The minimum absolute atomic E-state index is 0.0701. The van der Waals surface area contributed by atoms with Gasteiger partial charge in [0, 0.05) is 12.5 Å². The zero-order valence-corrected chi connectivity index (χ0v) is 13.3. The fraction of sp³-hybridized carbons (Fsp3) is 0.438. The van der Waals surface area contributed by atoms with E-state index in [-0.39, 0.29) is 19.6 Å². The summed E-state index contributed by atoms with van der Waals surface area (Å²) in [7, 11) is 0. The second-order valence-electron chi connectivity index (χ2n) is 4.73. The monoisotopic (exact) mass is 322 g/mol. The highest BCUT2D eigenvalue weighted by Gasteiger charge is 2.31. The Labute approximate surface area is 135 Å². The van der Waals surface area contributed by atoms with Crippen LogP contribution in [0.5, 0.6) is 0 Å². The summed E-state index contributed by atoms with van der Waals surface area (Å²) in [5.41, 5.74) is 6.73. The topological polar surface area (TPSA) is 108 Å². The van der Waals surface area contributed by atoms with Gasteiger partial charge in [-0.25, -0.2) is 9.59 Å². The Balaban J connectivity index is 2.69. The number of carbonyl (C=O) groups is 3. The van der Waals surface area contributed by atoms with Crippen LogP contribution in [-0.2, 0) is 23.9 Å². The molecule has 1 amide bonds. The molecule has 1 unspecified atom stereocenters. The van der Waals surface area contributed by atoms with Crippen molar-refractivity contribution in [1.82, 2.24) is 5.32 Å². The van der Waals surface area contributed by atoms with Crippen molar-refractivity contribution in [3.05, 3.63) is 35.9 Å². The number of esters is 2. The first-order chi connectivity index (χ1) is 11.0. The van der Waals surface area contributed by atoms with Crippen LogP contribution < -0.4 is 11.1 Å². The second kappa shape index (κ2) is 9.58. The third-order valence-electron chi connectivity index (χ3n) is 2.98. The van der Waals surface area contributed by atoms with E-state index in [9.17, 15) is 14.4 Å². The maximum Gasteiger partial charge on any atom is 0.340 e. The van der Waals surface area contributed by atoms with E-state index in [0.717, 1.165) is 5.56 Å². The van der Waals surface area contributed by atoms with E-state index in [0.29, 0.717) is 0 Å². The molecule has 0 fully saturated rings. The molecule has 0 aromatic heterocycles. The highest BCUT2D eigenvalue weighted by Crippen LogP contribution is 2.13. The number of amides is 1. The summed E-state index contributed by atoms with van der Waals surface area (Å²) in [6.07, 6.45) is -0.0701. The van der Waals surface area contributed by atoms with E-state index in [2.05, 4.69) is 5.32 Å². The molecule has 126 valence electrons. The third-order valence-corrected chi connectivity index (χ3v) is 2.98. The van der Waals surface area contributed by atoms with Crippen molar-refractivity contribution in [2.24, 2.45) is 5.73 Å². The van der Waals surface area contributed by atoms with Gasteiger partial charge >= 0.3 is 11.9 Å². The number of nitrogens with two attached hydrogens (primary N) is 1. The molecule has 1 aromatic carbocycles. The average molecular weight is 322 g/mol. The molecule has 1 aromatic rings. The van der Waals surface area contributed by atoms with Gasteiger partial charge < -0.3 is 20.5 Å². The van der Waals surface area contributed by atoms with Crippen LogP contribution in [0.1, 0.15) is 31.9 Å². The maximum absolute atomic E-state index is 12.0. The molecular formula is C16H22N2O5. The van der Waals surface area contributed by atoms with E-state index < -0.39 is 29.9 Å². The lowest BCUT2D eigenvalue weighted by Crippen LogP contribution is -2.48. The van der Waals surface area contributed by atoms with Gasteiger partial charge in [0.25, 0.3) is 0 Å². The summed E-state index contributed by atoms with van der Waals surface area (Å²) < 4.78 is 9.55. The average Bonchev–Trinajstić information content (AvgIpc) is 2.53. The Bertz CT molecular complexity index is 515. The van der Waals surface area contributed by atoms with Crippen molar-refractivity contribution in [1.29, 1.82) is 0 Å². The molecule has 7 heteroatoms. The van der Waals surface area contributed by atoms with E-state index in [4.69, 9.17) is 15.2 Å². The molecule has 7 nitrogen and oxygen atoms in total.